The summed E-state index contributed by atoms with van der Waals surface area (Å²) in [5.41, 5.74) is -0.437. The van der Waals surface area contributed by atoms with E-state index < -0.39 is 5.60 Å². The van der Waals surface area contributed by atoms with Crippen molar-refractivity contribution in [1.29, 1.82) is 0 Å². The molecule has 1 unspecified atom stereocenters. The van der Waals surface area contributed by atoms with Crippen LogP contribution in [0.3, 0.4) is 0 Å². The zero-order valence-corrected chi connectivity index (χ0v) is 12.3. The Morgan fingerprint density at radius 1 is 1.32 bits per heavy atom. The summed E-state index contributed by atoms with van der Waals surface area (Å²) < 4.78 is 5.53. The number of rotatable bonds is 4. The van der Waals surface area contributed by atoms with Crippen LogP contribution in [-0.2, 0) is 4.74 Å². The van der Waals surface area contributed by atoms with E-state index in [0.29, 0.717) is 12.6 Å². The molecule has 1 aliphatic heterocycles. The lowest BCUT2D eigenvalue weighted by Gasteiger charge is -2.31. The van der Waals surface area contributed by atoms with Crippen LogP contribution in [0.2, 0.25) is 0 Å². The number of hydrogen-bond donors (Lipinski definition) is 1. The van der Waals surface area contributed by atoms with Crippen LogP contribution in [0.4, 0.5) is 4.79 Å². The van der Waals surface area contributed by atoms with Gasteiger partial charge in [0, 0.05) is 31.7 Å². The molecule has 1 atom stereocenters. The molecule has 1 saturated heterocycles. The van der Waals surface area contributed by atoms with E-state index in [1.54, 1.807) is 0 Å². The molecule has 2 fully saturated rings. The van der Waals surface area contributed by atoms with E-state index in [4.69, 9.17) is 9.84 Å². The lowest BCUT2D eigenvalue weighted by molar-refractivity contribution is 0.0146. The quantitative estimate of drug-likeness (QED) is 0.840. The van der Waals surface area contributed by atoms with Crippen molar-refractivity contribution in [2.24, 2.45) is 0 Å². The van der Waals surface area contributed by atoms with Gasteiger partial charge in [-0.2, -0.15) is 0 Å². The third-order valence-electron chi connectivity index (χ3n) is 3.60. The van der Waals surface area contributed by atoms with Crippen molar-refractivity contribution in [3.8, 4) is 0 Å². The Kier molecular flexibility index (Phi) is 4.36. The molecular formula is C14H26N2O3. The van der Waals surface area contributed by atoms with Gasteiger partial charge >= 0.3 is 6.09 Å². The van der Waals surface area contributed by atoms with Gasteiger partial charge in [0.25, 0.3) is 0 Å². The number of likely N-dealkylation sites (tertiary alicyclic amines) is 1. The summed E-state index contributed by atoms with van der Waals surface area (Å²) in [6.07, 6.45) is 2.99. The smallest absolute Gasteiger partial charge is 0.410 e. The first-order valence-corrected chi connectivity index (χ1v) is 7.25. The van der Waals surface area contributed by atoms with Crippen LogP contribution in [0.1, 0.15) is 40.0 Å². The predicted molar refractivity (Wildman–Crippen MR) is 73.0 cm³/mol. The van der Waals surface area contributed by atoms with Crippen LogP contribution in [0.25, 0.3) is 0 Å². The summed E-state index contributed by atoms with van der Waals surface area (Å²) in [6, 6.07) is 0.614. The van der Waals surface area contributed by atoms with Gasteiger partial charge in [-0.1, -0.05) is 0 Å². The normalized spacial score (nSPS) is 24.5. The van der Waals surface area contributed by atoms with E-state index in [1.165, 1.54) is 0 Å². The van der Waals surface area contributed by atoms with Crippen molar-refractivity contribution in [2.75, 3.05) is 26.2 Å². The standard InChI is InChI=1S/C14H26N2O3/c1-14(2,3)19-13(18)16(11-4-5-11)12-6-7-15(10-12)8-9-17/h11-12,17H,4-10H2,1-3H3. The maximum absolute atomic E-state index is 12.3. The Labute approximate surface area is 115 Å². The van der Waals surface area contributed by atoms with Crippen molar-refractivity contribution in [2.45, 2.75) is 57.7 Å². The number of aliphatic hydroxyl groups is 1. The molecule has 5 nitrogen and oxygen atoms in total. The molecule has 110 valence electrons. The maximum Gasteiger partial charge on any atom is 0.410 e. The van der Waals surface area contributed by atoms with Gasteiger partial charge < -0.3 is 14.7 Å². The fourth-order valence-corrected chi connectivity index (χ4v) is 2.65. The van der Waals surface area contributed by atoms with Crippen LogP contribution < -0.4 is 0 Å². The second kappa shape index (κ2) is 5.67. The van der Waals surface area contributed by atoms with Gasteiger partial charge in [-0.3, -0.25) is 4.90 Å². The van der Waals surface area contributed by atoms with Gasteiger partial charge in [-0.25, -0.2) is 4.79 Å². The third kappa shape index (κ3) is 4.08. The molecule has 0 aromatic rings. The Morgan fingerprint density at radius 3 is 2.53 bits per heavy atom. The number of β-amino-alcohol motifs (C(OH)–C–C–N with tert-alkyl or cyclic N) is 1. The lowest BCUT2D eigenvalue weighted by atomic mass is 10.2. The van der Waals surface area contributed by atoms with Gasteiger partial charge in [0.1, 0.15) is 5.60 Å². The zero-order valence-electron chi connectivity index (χ0n) is 12.3. The van der Waals surface area contributed by atoms with Crippen LogP contribution in [0.5, 0.6) is 0 Å². The van der Waals surface area contributed by atoms with Gasteiger partial charge in [0.05, 0.1) is 6.61 Å². The average molecular weight is 270 g/mol. The monoisotopic (exact) mass is 270 g/mol. The zero-order chi connectivity index (χ0) is 14.0. The molecule has 19 heavy (non-hydrogen) atoms. The fourth-order valence-electron chi connectivity index (χ4n) is 2.65. The molecule has 1 aliphatic carbocycles. The molecule has 0 spiro atoms. The number of nitrogens with zero attached hydrogens (tertiary/aromatic N) is 2. The van der Waals surface area contributed by atoms with Crippen molar-refractivity contribution in [3.63, 3.8) is 0 Å². The van der Waals surface area contributed by atoms with Gasteiger partial charge in [0.15, 0.2) is 0 Å². The highest BCUT2D eigenvalue weighted by Crippen LogP contribution is 2.32. The fraction of sp³-hybridized carbons (Fsp3) is 0.929. The second-order valence-electron chi connectivity index (χ2n) is 6.59. The Hall–Kier alpha value is -0.810. The summed E-state index contributed by atoms with van der Waals surface area (Å²) in [7, 11) is 0. The van der Waals surface area contributed by atoms with Gasteiger partial charge in [-0.05, 0) is 40.0 Å². The summed E-state index contributed by atoms with van der Waals surface area (Å²) in [6.45, 7) is 8.41. The van der Waals surface area contributed by atoms with Crippen molar-refractivity contribution in [1.82, 2.24) is 9.80 Å². The third-order valence-corrected chi connectivity index (χ3v) is 3.60. The predicted octanol–water partition coefficient (Wildman–Crippen LogP) is 1.45. The topological polar surface area (TPSA) is 53.0 Å². The van der Waals surface area contributed by atoms with E-state index in [-0.39, 0.29) is 18.7 Å². The first-order valence-electron chi connectivity index (χ1n) is 7.25. The molecule has 5 heteroatoms. The van der Waals surface area contributed by atoms with Crippen molar-refractivity contribution in [3.05, 3.63) is 0 Å². The van der Waals surface area contributed by atoms with Crippen LogP contribution >= 0.6 is 0 Å². The van der Waals surface area contributed by atoms with E-state index >= 15 is 0 Å². The highest BCUT2D eigenvalue weighted by Gasteiger charge is 2.41. The molecule has 0 radical (unpaired) electrons. The molecule has 1 amide bonds. The van der Waals surface area contributed by atoms with E-state index in [2.05, 4.69) is 4.90 Å². The molecule has 0 bridgehead atoms. The van der Waals surface area contributed by atoms with E-state index in [1.807, 2.05) is 25.7 Å². The highest BCUT2D eigenvalue weighted by molar-refractivity contribution is 5.69. The van der Waals surface area contributed by atoms with Crippen LogP contribution in [0.15, 0.2) is 0 Å². The molecule has 0 aromatic carbocycles. The minimum absolute atomic E-state index is 0.175. The van der Waals surface area contributed by atoms with Crippen LogP contribution in [0, 0.1) is 0 Å². The van der Waals surface area contributed by atoms with Gasteiger partial charge in [-0.15, -0.1) is 0 Å². The number of amides is 1. The second-order valence-corrected chi connectivity index (χ2v) is 6.59. The minimum Gasteiger partial charge on any atom is -0.444 e. The number of carbonyl (C=O) groups excluding carboxylic acids is 1. The SMILES string of the molecule is CC(C)(C)OC(=O)N(C1CC1)C1CCN(CCO)C1. The molecule has 1 heterocycles. The molecule has 0 aromatic heterocycles. The summed E-state index contributed by atoms with van der Waals surface area (Å²) in [5.74, 6) is 0. The molecule has 1 saturated carbocycles. The molecule has 1 N–H and O–H groups in total. The molecule has 2 rings (SSSR count). The first-order chi connectivity index (χ1) is 8.90. The van der Waals surface area contributed by atoms with Crippen molar-refractivity contribution < 1.29 is 14.6 Å². The summed E-state index contributed by atoms with van der Waals surface area (Å²) in [4.78, 5) is 16.5. The maximum atomic E-state index is 12.3. The number of ether oxygens (including phenoxy) is 1. The number of carbonyl (C=O) groups is 1. The average Bonchev–Trinajstić information content (AvgIpc) is 2.98. The van der Waals surface area contributed by atoms with Gasteiger partial charge in [0.2, 0.25) is 0 Å². The van der Waals surface area contributed by atoms with Crippen molar-refractivity contribution >= 4 is 6.09 Å². The largest absolute Gasteiger partial charge is 0.444 e. The highest BCUT2D eigenvalue weighted by atomic mass is 16.6. The number of hydrogen-bond acceptors (Lipinski definition) is 4. The Bertz CT molecular complexity index is 323. The number of aliphatic hydroxyl groups excluding tert-OH is 1. The van der Waals surface area contributed by atoms with Crippen LogP contribution in [-0.4, -0.2) is 64.9 Å². The summed E-state index contributed by atoms with van der Waals surface area (Å²) >= 11 is 0. The molecular weight excluding hydrogens is 244 g/mol. The Balaban J connectivity index is 1.95. The van der Waals surface area contributed by atoms with E-state index in [0.717, 1.165) is 32.4 Å². The first kappa shape index (κ1) is 14.6. The lowest BCUT2D eigenvalue weighted by Crippen LogP contribution is -2.46. The Morgan fingerprint density at radius 2 is 2.00 bits per heavy atom. The summed E-state index contributed by atoms with van der Waals surface area (Å²) in [5, 5.41) is 8.99. The minimum atomic E-state index is -0.437. The molecule has 2 aliphatic rings. The van der Waals surface area contributed by atoms with E-state index in [9.17, 15) is 4.79 Å².